The number of nitrogens with one attached hydrogen (secondary N) is 1. The molecule has 1 saturated heterocycles. The van der Waals surface area contributed by atoms with Crippen LogP contribution in [0.3, 0.4) is 0 Å². The molecule has 0 aliphatic carbocycles. The monoisotopic (exact) mass is 362 g/mol. The number of ether oxygens (including phenoxy) is 1. The van der Waals surface area contributed by atoms with Gasteiger partial charge in [-0.3, -0.25) is 4.79 Å². The van der Waals surface area contributed by atoms with E-state index in [1.165, 1.54) is 0 Å². The van der Waals surface area contributed by atoms with Crippen LogP contribution in [0.5, 0.6) is 0 Å². The molecule has 26 heavy (non-hydrogen) atoms. The molecule has 144 valence electrons. The molecule has 1 aliphatic rings. The van der Waals surface area contributed by atoms with Gasteiger partial charge in [-0.1, -0.05) is 0 Å². The number of piperazine rings is 1. The van der Waals surface area contributed by atoms with Crippen LogP contribution in [-0.2, 0) is 11.3 Å². The molecule has 0 atom stereocenters. The van der Waals surface area contributed by atoms with E-state index in [-0.39, 0.29) is 12.0 Å². The van der Waals surface area contributed by atoms with E-state index in [1.807, 2.05) is 45.9 Å². The Balaban J connectivity index is 2.04. The van der Waals surface area contributed by atoms with E-state index in [1.54, 1.807) is 4.90 Å². The zero-order chi connectivity index (χ0) is 19.3. The Bertz CT molecular complexity index is 647. The summed E-state index contributed by atoms with van der Waals surface area (Å²) in [6.07, 6.45) is -0.275. The summed E-state index contributed by atoms with van der Waals surface area (Å²) in [6, 6.07) is 5.61. The van der Waals surface area contributed by atoms with Gasteiger partial charge in [-0.05, 0) is 51.5 Å². The molecule has 1 aromatic carbocycles. The van der Waals surface area contributed by atoms with Crippen molar-refractivity contribution in [3.05, 3.63) is 29.3 Å². The number of rotatable bonds is 4. The molecular weight excluding hydrogens is 332 g/mol. The number of anilines is 1. The summed E-state index contributed by atoms with van der Waals surface area (Å²) in [4.78, 5) is 28.1. The third kappa shape index (κ3) is 5.11. The molecule has 7 nitrogen and oxygen atoms in total. The Morgan fingerprint density at radius 1 is 1.19 bits per heavy atom. The molecule has 0 radical (unpaired) electrons. The van der Waals surface area contributed by atoms with E-state index in [2.05, 4.69) is 10.2 Å². The first-order chi connectivity index (χ1) is 12.2. The van der Waals surface area contributed by atoms with E-state index < -0.39 is 5.60 Å². The van der Waals surface area contributed by atoms with E-state index in [9.17, 15) is 9.59 Å². The lowest BCUT2D eigenvalue weighted by Crippen LogP contribution is -2.50. The lowest BCUT2D eigenvalue weighted by Gasteiger charge is -2.37. The summed E-state index contributed by atoms with van der Waals surface area (Å²) >= 11 is 0. The largest absolute Gasteiger partial charge is 0.444 e. The van der Waals surface area contributed by atoms with Gasteiger partial charge in [0.1, 0.15) is 5.60 Å². The maximum atomic E-state index is 12.2. The van der Waals surface area contributed by atoms with Crippen LogP contribution in [0.2, 0.25) is 0 Å². The van der Waals surface area contributed by atoms with Gasteiger partial charge < -0.3 is 25.6 Å². The lowest BCUT2D eigenvalue weighted by molar-refractivity contribution is 0.0240. The number of hydrogen-bond donors (Lipinski definition) is 2. The maximum Gasteiger partial charge on any atom is 0.410 e. The second kappa shape index (κ2) is 8.40. The molecule has 0 bridgehead atoms. The molecule has 3 N–H and O–H groups in total. The number of hydrogen-bond acceptors (Lipinski definition) is 5. The highest BCUT2D eigenvalue weighted by atomic mass is 16.6. The zero-order valence-electron chi connectivity index (χ0n) is 16.2. The average Bonchev–Trinajstić information content (AvgIpc) is 2.60. The minimum atomic E-state index is -0.490. The summed E-state index contributed by atoms with van der Waals surface area (Å²) in [5, 5.41) is 2.80. The molecule has 2 amide bonds. The fraction of sp³-hybridized carbons (Fsp3) is 0.579. The Labute approximate surface area is 155 Å². The van der Waals surface area contributed by atoms with Gasteiger partial charge in [0.2, 0.25) is 0 Å². The molecule has 2 rings (SSSR count). The van der Waals surface area contributed by atoms with Crippen LogP contribution in [0.4, 0.5) is 10.5 Å². The standard InChI is InChI=1S/C19H30N4O3/c1-5-21-17(24)14-6-7-16(15(12-14)13-20)22-8-10-23(11-9-22)18(25)26-19(2,3)4/h6-7,12H,5,8-11,13,20H2,1-4H3,(H,21,24). The molecule has 0 saturated carbocycles. The van der Waals surface area contributed by atoms with Crippen LogP contribution in [0.1, 0.15) is 43.6 Å². The summed E-state index contributed by atoms with van der Waals surface area (Å²) in [5.74, 6) is -0.0940. The fourth-order valence-electron chi connectivity index (χ4n) is 2.92. The smallest absolute Gasteiger partial charge is 0.410 e. The van der Waals surface area contributed by atoms with Crippen LogP contribution in [-0.4, -0.2) is 55.2 Å². The van der Waals surface area contributed by atoms with Gasteiger partial charge >= 0.3 is 6.09 Å². The first kappa shape index (κ1) is 20.0. The molecular formula is C19H30N4O3. The Morgan fingerprint density at radius 3 is 2.38 bits per heavy atom. The van der Waals surface area contributed by atoms with E-state index in [4.69, 9.17) is 10.5 Å². The van der Waals surface area contributed by atoms with Gasteiger partial charge in [-0.15, -0.1) is 0 Å². The summed E-state index contributed by atoms with van der Waals surface area (Å²) < 4.78 is 5.43. The highest BCUT2D eigenvalue weighted by Crippen LogP contribution is 2.24. The van der Waals surface area contributed by atoms with Crippen molar-refractivity contribution < 1.29 is 14.3 Å². The molecule has 1 aliphatic heterocycles. The minimum Gasteiger partial charge on any atom is -0.444 e. The lowest BCUT2D eigenvalue weighted by atomic mass is 10.1. The van der Waals surface area contributed by atoms with Crippen molar-refractivity contribution in [3.8, 4) is 0 Å². The van der Waals surface area contributed by atoms with Gasteiger partial charge in [0, 0.05) is 50.5 Å². The van der Waals surface area contributed by atoms with E-state index >= 15 is 0 Å². The third-order valence-electron chi connectivity index (χ3n) is 4.17. The Hall–Kier alpha value is -2.28. The van der Waals surface area contributed by atoms with Crippen molar-refractivity contribution in [3.63, 3.8) is 0 Å². The van der Waals surface area contributed by atoms with Crippen molar-refractivity contribution in [2.24, 2.45) is 5.73 Å². The SMILES string of the molecule is CCNC(=O)c1ccc(N2CCN(C(=O)OC(C)(C)C)CC2)c(CN)c1. The second-order valence-corrected chi connectivity index (χ2v) is 7.36. The number of nitrogens with two attached hydrogens (primary N) is 1. The topological polar surface area (TPSA) is 87.9 Å². The molecule has 1 fully saturated rings. The minimum absolute atomic E-state index is 0.0940. The highest BCUT2D eigenvalue weighted by molar-refractivity contribution is 5.94. The van der Waals surface area contributed by atoms with Crippen molar-refractivity contribution in [1.82, 2.24) is 10.2 Å². The van der Waals surface area contributed by atoms with Crippen molar-refractivity contribution in [1.29, 1.82) is 0 Å². The third-order valence-corrected chi connectivity index (χ3v) is 4.17. The predicted molar refractivity (Wildman–Crippen MR) is 102 cm³/mol. The van der Waals surface area contributed by atoms with Gasteiger partial charge in [0.05, 0.1) is 0 Å². The number of nitrogens with zero attached hydrogens (tertiary/aromatic N) is 2. The number of benzene rings is 1. The van der Waals surface area contributed by atoms with Gasteiger partial charge in [-0.2, -0.15) is 0 Å². The average molecular weight is 362 g/mol. The van der Waals surface area contributed by atoms with Crippen molar-refractivity contribution in [2.75, 3.05) is 37.6 Å². The first-order valence-corrected chi connectivity index (χ1v) is 9.09. The molecule has 0 unspecified atom stereocenters. The van der Waals surface area contributed by atoms with Crippen molar-refractivity contribution >= 4 is 17.7 Å². The first-order valence-electron chi connectivity index (χ1n) is 9.09. The normalized spacial score (nSPS) is 15.0. The quantitative estimate of drug-likeness (QED) is 0.855. The molecule has 1 heterocycles. The predicted octanol–water partition coefficient (Wildman–Crippen LogP) is 1.95. The molecule has 1 aromatic rings. The maximum absolute atomic E-state index is 12.2. The van der Waals surface area contributed by atoms with Gasteiger partial charge in [-0.25, -0.2) is 4.79 Å². The van der Waals surface area contributed by atoms with Crippen LogP contribution in [0, 0.1) is 0 Å². The zero-order valence-corrected chi connectivity index (χ0v) is 16.2. The second-order valence-electron chi connectivity index (χ2n) is 7.36. The van der Waals surface area contributed by atoms with Gasteiger partial charge in [0.15, 0.2) is 0 Å². The highest BCUT2D eigenvalue weighted by Gasteiger charge is 2.26. The van der Waals surface area contributed by atoms with Crippen LogP contribution < -0.4 is 16.0 Å². The molecule has 7 heteroatoms. The van der Waals surface area contributed by atoms with Crippen LogP contribution >= 0.6 is 0 Å². The number of carbonyl (C=O) groups excluding carboxylic acids is 2. The van der Waals surface area contributed by atoms with E-state index in [0.29, 0.717) is 44.8 Å². The molecule has 0 aromatic heterocycles. The van der Waals surface area contributed by atoms with Crippen LogP contribution in [0.25, 0.3) is 0 Å². The van der Waals surface area contributed by atoms with E-state index in [0.717, 1.165) is 11.3 Å². The Kier molecular flexibility index (Phi) is 6.47. The van der Waals surface area contributed by atoms with Crippen LogP contribution in [0.15, 0.2) is 18.2 Å². The Morgan fingerprint density at radius 2 is 1.85 bits per heavy atom. The van der Waals surface area contributed by atoms with Crippen molar-refractivity contribution in [2.45, 2.75) is 39.8 Å². The number of carbonyl (C=O) groups is 2. The summed E-state index contributed by atoms with van der Waals surface area (Å²) in [6.45, 7) is 11.0. The van der Waals surface area contributed by atoms with Gasteiger partial charge in [0.25, 0.3) is 5.91 Å². The summed E-state index contributed by atoms with van der Waals surface area (Å²) in [7, 11) is 0. The summed E-state index contributed by atoms with van der Waals surface area (Å²) in [5.41, 5.74) is 7.97. The number of amides is 2. The molecule has 0 spiro atoms. The fourth-order valence-corrected chi connectivity index (χ4v) is 2.92.